The lowest BCUT2D eigenvalue weighted by molar-refractivity contribution is -0.116. The summed E-state index contributed by atoms with van der Waals surface area (Å²) in [6.07, 6.45) is 4.07. The summed E-state index contributed by atoms with van der Waals surface area (Å²) >= 11 is 0. The Labute approximate surface area is 236 Å². The number of aromatic nitrogens is 3. The molecule has 11 nitrogen and oxygen atoms in total. The first-order valence-corrected chi connectivity index (χ1v) is 14.0. The number of para-hydroxylation sites is 2. The molecule has 0 saturated carbocycles. The number of nitrogens with zero attached hydrogens (tertiary/aromatic N) is 3. The number of amides is 1. The Kier molecular flexibility index (Phi) is 7.92. The third-order valence-electron chi connectivity index (χ3n) is 5.98. The van der Waals surface area contributed by atoms with Gasteiger partial charge in [-0.1, -0.05) is 24.3 Å². The normalized spacial score (nSPS) is 11.1. The zero-order chi connectivity index (χ0) is 28.8. The minimum absolute atomic E-state index is 0.0537. The summed E-state index contributed by atoms with van der Waals surface area (Å²) in [6, 6.07) is 21.1. The van der Waals surface area contributed by atoms with E-state index in [2.05, 4.69) is 30.3 Å². The molecule has 0 atom stereocenters. The SMILES string of the molecule is COc1cc(O)cc(Nc2nc3ccccc3nc2NS(=O)(=O)c2cccc(NC(=O)CCc3cccnc3)c2)c1. The van der Waals surface area contributed by atoms with E-state index < -0.39 is 10.0 Å². The van der Waals surface area contributed by atoms with Crippen molar-refractivity contribution in [1.29, 1.82) is 0 Å². The van der Waals surface area contributed by atoms with E-state index in [1.54, 1.807) is 54.9 Å². The molecule has 0 bridgehead atoms. The van der Waals surface area contributed by atoms with E-state index in [0.717, 1.165) is 5.56 Å². The Bertz CT molecular complexity index is 1820. The van der Waals surface area contributed by atoms with Crippen LogP contribution < -0.4 is 20.1 Å². The Morgan fingerprint density at radius 3 is 2.41 bits per heavy atom. The molecule has 12 heteroatoms. The summed E-state index contributed by atoms with van der Waals surface area (Å²) in [5, 5.41) is 15.8. The average Bonchev–Trinajstić information content (AvgIpc) is 2.96. The fourth-order valence-corrected chi connectivity index (χ4v) is 5.08. The van der Waals surface area contributed by atoms with Gasteiger partial charge in [0.25, 0.3) is 10.0 Å². The van der Waals surface area contributed by atoms with Gasteiger partial charge in [-0.05, 0) is 48.4 Å². The van der Waals surface area contributed by atoms with Crippen LogP contribution in [-0.2, 0) is 21.2 Å². The maximum atomic E-state index is 13.5. The lowest BCUT2D eigenvalue weighted by atomic mass is 10.1. The summed E-state index contributed by atoms with van der Waals surface area (Å²) in [5.74, 6) is 0.131. The predicted octanol–water partition coefficient (Wildman–Crippen LogP) is 4.85. The van der Waals surface area contributed by atoms with E-state index in [1.165, 1.54) is 37.4 Å². The minimum atomic E-state index is -4.16. The van der Waals surface area contributed by atoms with Gasteiger partial charge in [0.1, 0.15) is 11.5 Å². The lowest BCUT2D eigenvalue weighted by Crippen LogP contribution is -2.17. The highest BCUT2D eigenvalue weighted by Gasteiger charge is 2.20. The fraction of sp³-hybridized carbons (Fsp3) is 0.103. The zero-order valence-corrected chi connectivity index (χ0v) is 22.7. The number of rotatable bonds is 10. The molecule has 208 valence electrons. The first kappa shape index (κ1) is 27.3. The van der Waals surface area contributed by atoms with Crippen LogP contribution >= 0.6 is 0 Å². The van der Waals surface area contributed by atoms with Gasteiger partial charge in [0.15, 0.2) is 11.6 Å². The molecule has 0 aliphatic carbocycles. The van der Waals surface area contributed by atoms with Crippen LogP contribution in [0.3, 0.4) is 0 Å². The number of benzene rings is 3. The third-order valence-corrected chi connectivity index (χ3v) is 7.32. The van der Waals surface area contributed by atoms with Crippen LogP contribution in [0.25, 0.3) is 11.0 Å². The first-order valence-electron chi connectivity index (χ1n) is 12.5. The van der Waals surface area contributed by atoms with E-state index in [9.17, 15) is 18.3 Å². The van der Waals surface area contributed by atoms with Gasteiger partial charge in [-0.2, -0.15) is 0 Å². The molecule has 1 amide bonds. The molecular weight excluding hydrogens is 544 g/mol. The number of pyridine rings is 1. The van der Waals surface area contributed by atoms with Gasteiger partial charge in [0, 0.05) is 48.4 Å². The molecule has 0 spiro atoms. The van der Waals surface area contributed by atoms with E-state index >= 15 is 0 Å². The standard InChI is InChI=1S/C29H26N6O5S/c1-40-23-15-21(14-22(36)17-23)32-28-29(34-26-10-3-2-9-25(26)33-28)35-41(38,39)24-8-4-7-20(16-24)31-27(37)12-11-19-6-5-13-30-18-19/h2-10,13-18,36H,11-12H2,1H3,(H,31,37)(H,32,33)(H,34,35). The topological polar surface area (TPSA) is 155 Å². The molecule has 0 saturated heterocycles. The molecule has 2 aromatic heterocycles. The largest absolute Gasteiger partial charge is 0.508 e. The summed E-state index contributed by atoms with van der Waals surface area (Å²) in [7, 11) is -2.69. The average molecular weight is 571 g/mol. The molecule has 5 rings (SSSR count). The Morgan fingerprint density at radius 2 is 1.68 bits per heavy atom. The van der Waals surface area contributed by atoms with Crippen molar-refractivity contribution in [1.82, 2.24) is 15.0 Å². The van der Waals surface area contributed by atoms with Gasteiger partial charge in [-0.3, -0.25) is 14.5 Å². The second-order valence-electron chi connectivity index (χ2n) is 9.00. The van der Waals surface area contributed by atoms with Crippen LogP contribution in [0.1, 0.15) is 12.0 Å². The van der Waals surface area contributed by atoms with E-state index in [-0.39, 0.29) is 34.6 Å². The number of anilines is 4. The number of carbonyl (C=O) groups is 1. The van der Waals surface area contributed by atoms with Crippen molar-refractivity contribution < 1.29 is 23.1 Å². The Hall–Kier alpha value is -5.23. The third kappa shape index (κ3) is 6.86. The number of carbonyl (C=O) groups excluding carboxylic acids is 1. The molecule has 2 heterocycles. The molecule has 4 N–H and O–H groups in total. The molecule has 5 aromatic rings. The lowest BCUT2D eigenvalue weighted by Gasteiger charge is -2.15. The number of methoxy groups -OCH3 is 1. The van der Waals surface area contributed by atoms with Gasteiger partial charge < -0.3 is 20.5 Å². The van der Waals surface area contributed by atoms with Crippen molar-refractivity contribution in [2.45, 2.75) is 17.7 Å². The highest BCUT2D eigenvalue weighted by molar-refractivity contribution is 7.92. The summed E-state index contributed by atoms with van der Waals surface area (Å²) in [6.45, 7) is 0. The number of hydrogen-bond acceptors (Lipinski definition) is 9. The van der Waals surface area contributed by atoms with E-state index in [1.807, 2.05) is 6.07 Å². The number of aromatic hydroxyl groups is 1. The van der Waals surface area contributed by atoms with Crippen LogP contribution in [0.5, 0.6) is 11.5 Å². The molecule has 0 radical (unpaired) electrons. The van der Waals surface area contributed by atoms with Gasteiger partial charge in [-0.15, -0.1) is 0 Å². The molecule has 0 aliphatic heterocycles. The van der Waals surface area contributed by atoms with Crippen LogP contribution in [0, 0.1) is 0 Å². The number of aryl methyl sites for hydroxylation is 1. The van der Waals surface area contributed by atoms with Crippen LogP contribution in [0.4, 0.5) is 23.0 Å². The maximum Gasteiger partial charge on any atom is 0.263 e. The maximum absolute atomic E-state index is 13.5. The predicted molar refractivity (Wildman–Crippen MR) is 156 cm³/mol. The number of phenols is 1. The summed E-state index contributed by atoms with van der Waals surface area (Å²) < 4.78 is 34.6. The van der Waals surface area contributed by atoms with Gasteiger partial charge in [0.05, 0.1) is 23.0 Å². The van der Waals surface area contributed by atoms with Crippen LogP contribution in [-0.4, -0.2) is 41.5 Å². The first-order chi connectivity index (χ1) is 19.8. The van der Waals surface area contributed by atoms with Crippen molar-refractivity contribution in [3.63, 3.8) is 0 Å². The molecule has 0 aliphatic rings. The summed E-state index contributed by atoms with van der Waals surface area (Å²) in [5.41, 5.74) is 2.66. The van der Waals surface area contributed by atoms with Crippen molar-refractivity contribution >= 4 is 50.0 Å². The van der Waals surface area contributed by atoms with Crippen molar-refractivity contribution in [3.8, 4) is 11.5 Å². The molecule has 0 fully saturated rings. The molecule has 41 heavy (non-hydrogen) atoms. The molecule has 3 aromatic carbocycles. The fourth-order valence-electron chi connectivity index (χ4n) is 4.02. The number of nitrogens with one attached hydrogen (secondary N) is 3. The monoisotopic (exact) mass is 570 g/mol. The van der Waals surface area contributed by atoms with Crippen molar-refractivity contribution in [3.05, 3.63) is 96.8 Å². The number of phenolic OH excluding ortho intramolecular Hbond substituents is 1. The van der Waals surface area contributed by atoms with Gasteiger partial charge in [0.2, 0.25) is 5.91 Å². The van der Waals surface area contributed by atoms with Crippen molar-refractivity contribution in [2.75, 3.05) is 22.5 Å². The summed E-state index contributed by atoms with van der Waals surface area (Å²) in [4.78, 5) is 25.5. The number of hydrogen-bond donors (Lipinski definition) is 4. The number of fused-ring (bicyclic) bond motifs is 1. The van der Waals surface area contributed by atoms with E-state index in [0.29, 0.717) is 34.6 Å². The highest BCUT2D eigenvalue weighted by Crippen LogP contribution is 2.31. The van der Waals surface area contributed by atoms with Gasteiger partial charge in [-0.25, -0.2) is 18.4 Å². The Balaban J connectivity index is 1.39. The quantitative estimate of drug-likeness (QED) is 0.184. The number of sulfonamides is 1. The molecular formula is C29H26N6O5S. The zero-order valence-electron chi connectivity index (χ0n) is 21.9. The Morgan fingerprint density at radius 1 is 0.902 bits per heavy atom. The van der Waals surface area contributed by atoms with Crippen LogP contribution in [0.15, 0.2) is 96.2 Å². The molecule has 0 unspecified atom stereocenters. The number of ether oxygens (including phenoxy) is 1. The van der Waals surface area contributed by atoms with Gasteiger partial charge >= 0.3 is 0 Å². The van der Waals surface area contributed by atoms with E-state index in [4.69, 9.17) is 4.74 Å². The van der Waals surface area contributed by atoms with Crippen LogP contribution in [0.2, 0.25) is 0 Å². The second kappa shape index (κ2) is 11.9. The van der Waals surface area contributed by atoms with Crippen molar-refractivity contribution in [2.24, 2.45) is 0 Å². The minimum Gasteiger partial charge on any atom is -0.508 e. The second-order valence-corrected chi connectivity index (χ2v) is 10.7. The highest BCUT2D eigenvalue weighted by atomic mass is 32.2. The smallest absolute Gasteiger partial charge is 0.263 e.